The number of carboxylic acids is 1. The Balaban J connectivity index is 1.49. The van der Waals surface area contributed by atoms with Gasteiger partial charge in [0.05, 0.1) is 6.04 Å². The van der Waals surface area contributed by atoms with Gasteiger partial charge in [-0.25, -0.2) is 9.59 Å². The van der Waals surface area contributed by atoms with E-state index < -0.39 is 53.1 Å². The lowest BCUT2D eigenvalue weighted by Crippen LogP contribution is -2.56. The lowest BCUT2D eigenvalue weighted by molar-refractivity contribution is -0.145. The molecule has 1 saturated carbocycles. The predicted molar refractivity (Wildman–Crippen MR) is 166 cm³/mol. The second-order valence-electron chi connectivity index (χ2n) is 13.2. The van der Waals surface area contributed by atoms with Gasteiger partial charge in [0.25, 0.3) is 0 Å². The number of rotatable bonds is 3. The molecule has 3 N–H and O–H groups in total. The number of hydrogen-bond donors (Lipinski definition) is 3. The van der Waals surface area contributed by atoms with Gasteiger partial charge in [0, 0.05) is 23.4 Å². The van der Waals surface area contributed by atoms with Gasteiger partial charge in [-0.15, -0.1) is 0 Å². The molecule has 3 amide bonds. The molecule has 2 aliphatic heterocycles. The molecule has 3 heterocycles. The van der Waals surface area contributed by atoms with Crippen LogP contribution in [0.2, 0.25) is 0 Å². The standard InChI is InChI=1S/C31H41BrN6O6/c1-17-18(2)25-23(14-21(17)32)35-38(36-25)20-13-24-26(39)34-31(28(41)42)15-19(31)11-9-7-6-8-10-12-22(27(40)37(24)16-20)33-29(43)44-30(3,4)5/h9,11,14,19-20,22,24H,6-8,10,12-13,15-16H2,1-5H3,(H,33,43)(H,34,39)(H,41,42)/b11-9-/t19?,20-,22?,24?,31?/m1/s1. The van der Waals surface area contributed by atoms with Crippen molar-refractivity contribution in [2.75, 3.05) is 6.54 Å². The smallest absolute Gasteiger partial charge is 0.408 e. The van der Waals surface area contributed by atoms with E-state index in [4.69, 9.17) is 14.9 Å². The van der Waals surface area contributed by atoms with Gasteiger partial charge < -0.3 is 25.4 Å². The molecule has 2 fully saturated rings. The number of benzene rings is 1. The van der Waals surface area contributed by atoms with Crippen molar-refractivity contribution in [1.29, 1.82) is 0 Å². The average Bonchev–Trinajstić information content (AvgIpc) is 3.25. The molecule has 4 unspecified atom stereocenters. The molecule has 12 nitrogen and oxygen atoms in total. The predicted octanol–water partition coefficient (Wildman–Crippen LogP) is 4.33. The number of alkyl carbamates (subject to hydrolysis) is 1. The minimum atomic E-state index is -1.41. The third-order valence-electron chi connectivity index (χ3n) is 8.85. The highest BCUT2D eigenvalue weighted by atomic mass is 79.9. The number of aliphatic carboxylic acids is 1. The van der Waals surface area contributed by atoms with Gasteiger partial charge >= 0.3 is 12.1 Å². The number of aromatic nitrogens is 3. The highest BCUT2D eigenvalue weighted by molar-refractivity contribution is 9.10. The van der Waals surface area contributed by atoms with E-state index in [9.17, 15) is 24.3 Å². The Kier molecular flexibility index (Phi) is 8.80. The zero-order chi connectivity index (χ0) is 32.0. The highest BCUT2D eigenvalue weighted by Crippen LogP contribution is 2.45. The molecule has 2 aromatic rings. The van der Waals surface area contributed by atoms with E-state index in [0.29, 0.717) is 18.4 Å². The van der Waals surface area contributed by atoms with E-state index in [2.05, 4.69) is 26.6 Å². The zero-order valence-corrected chi connectivity index (χ0v) is 27.4. The maximum Gasteiger partial charge on any atom is 0.408 e. The summed E-state index contributed by atoms with van der Waals surface area (Å²) in [5.41, 5.74) is 1.26. The van der Waals surface area contributed by atoms with Crippen molar-refractivity contribution in [2.24, 2.45) is 5.92 Å². The van der Waals surface area contributed by atoms with Crippen LogP contribution in [0.4, 0.5) is 4.79 Å². The molecule has 13 heteroatoms. The number of hydrogen-bond acceptors (Lipinski definition) is 7. The molecule has 1 aliphatic carbocycles. The van der Waals surface area contributed by atoms with Crippen LogP contribution in [0.1, 0.15) is 82.9 Å². The number of allylic oxidation sites excluding steroid dienone is 1. The number of amides is 3. The number of aryl methyl sites for hydroxylation is 1. The first-order chi connectivity index (χ1) is 20.7. The maximum atomic E-state index is 14.2. The molecule has 1 aromatic carbocycles. The van der Waals surface area contributed by atoms with Crippen LogP contribution in [-0.4, -0.2) is 78.6 Å². The summed E-state index contributed by atoms with van der Waals surface area (Å²) in [6.45, 7) is 9.31. The summed E-state index contributed by atoms with van der Waals surface area (Å²) >= 11 is 3.58. The number of nitrogens with one attached hydrogen (secondary N) is 2. The van der Waals surface area contributed by atoms with E-state index in [1.807, 2.05) is 32.1 Å². The molecule has 44 heavy (non-hydrogen) atoms. The van der Waals surface area contributed by atoms with Crippen molar-refractivity contribution >= 4 is 50.8 Å². The molecular weight excluding hydrogens is 632 g/mol. The Labute approximate surface area is 265 Å². The normalized spacial score (nSPS) is 28.7. The summed E-state index contributed by atoms with van der Waals surface area (Å²) in [6, 6.07) is -0.457. The fraction of sp³-hybridized carbons (Fsp3) is 0.613. The van der Waals surface area contributed by atoms with Gasteiger partial charge in [-0.1, -0.05) is 40.9 Å². The summed E-state index contributed by atoms with van der Waals surface area (Å²) in [4.78, 5) is 56.2. The Hall–Kier alpha value is -3.48. The third-order valence-corrected chi connectivity index (χ3v) is 9.67. The first-order valence-corrected chi connectivity index (χ1v) is 16.0. The van der Waals surface area contributed by atoms with E-state index in [0.717, 1.165) is 40.4 Å². The number of halogens is 1. The zero-order valence-electron chi connectivity index (χ0n) is 25.9. The molecule has 5 rings (SSSR count). The molecule has 0 radical (unpaired) electrons. The summed E-state index contributed by atoms with van der Waals surface area (Å²) in [6.07, 6.45) is 7.09. The SMILES string of the molecule is Cc1c(Br)cc2nn([C@@H]3CC4C(=O)NC5(C(=O)O)CC5/C=C\CCCCCC(NC(=O)OC(C)(C)C)C(=O)N4C3)nc2c1C. The summed E-state index contributed by atoms with van der Waals surface area (Å²) in [5, 5.41) is 25.1. The van der Waals surface area contributed by atoms with Crippen LogP contribution in [0.15, 0.2) is 22.7 Å². The number of fused-ring (bicyclic) bond motifs is 3. The number of nitrogens with zero attached hydrogens (tertiary/aromatic N) is 4. The largest absolute Gasteiger partial charge is 0.479 e. The van der Waals surface area contributed by atoms with Crippen molar-refractivity contribution in [2.45, 2.75) is 109 Å². The molecule has 5 atom stereocenters. The van der Waals surface area contributed by atoms with Crippen molar-refractivity contribution in [3.8, 4) is 0 Å². The van der Waals surface area contributed by atoms with Crippen LogP contribution in [0.5, 0.6) is 0 Å². The van der Waals surface area contributed by atoms with E-state index in [1.165, 1.54) is 4.90 Å². The van der Waals surface area contributed by atoms with Gasteiger partial charge in [0.15, 0.2) is 0 Å². The van der Waals surface area contributed by atoms with Gasteiger partial charge in [-0.3, -0.25) is 9.59 Å². The second kappa shape index (κ2) is 12.1. The van der Waals surface area contributed by atoms with Gasteiger partial charge in [0.1, 0.15) is 34.3 Å². The average molecular weight is 674 g/mol. The fourth-order valence-electron chi connectivity index (χ4n) is 6.14. The molecule has 0 spiro atoms. The second-order valence-corrected chi connectivity index (χ2v) is 14.1. The molecular formula is C31H41BrN6O6. The molecule has 1 saturated heterocycles. The third kappa shape index (κ3) is 6.47. The lowest BCUT2D eigenvalue weighted by Gasteiger charge is -2.30. The van der Waals surface area contributed by atoms with Crippen LogP contribution in [0.25, 0.3) is 11.0 Å². The summed E-state index contributed by atoms with van der Waals surface area (Å²) in [7, 11) is 0. The minimum Gasteiger partial charge on any atom is -0.479 e. The number of carboxylic acid groups (broad SMARTS) is 1. The monoisotopic (exact) mass is 672 g/mol. The Morgan fingerprint density at radius 3 is 2.61 bits per heavy atom. The van der Waals surface area contributed by atoms with Crippen molar-refractivity contribution in [1.82, 2.24) is 30.5 Å². The minimum absolute atomic E-state index is 0.118. The van der Waals surface area contributed by atoms with Gasteiger partial charge in [0.2, 0.25) is 11.8 Å². The number of carbonyl (C=O) groups is 4. The quantitative estimate of drug-likeness (QED) is 0.407. The first-order valence-electron chi connectivity index (χ1n) is 15.2. The molecule has 0 bridgehead atoms. The van der Waals surface area contributed by atoms with Crippen LogP contribution in [-0.2, 0) is 19.1 Å². The molecule has 3 aliphatic rings. The Morgan fingerprint density at radius 1 is 1.16 bits per heavy atom. The number of ether oxygens (including phenoxy) is 1. The topological polar surface area (TPSA) is 156 Å². The number of carbonyl (C=O) groups excluding carboxylic acids is 3. The van der Waals surface area contributed by atoms with Crippen molar-refractivity contribution in [3.05, 3.63) is 33.8 Å². The molecule has 1 aromatic heterocycles. The Bertz CT molecular complexity index is 1520. The van der Waals surface area contributed by atoms with Crippen molar-refractivity contribution in [3.63, 3.8) is 0 Å². The highest BCUT2D eigenvalue weighted by Gasteiger charge is 2.61. The van der Waals surface area contributed by atoms with Gasteiger partial charge in [-0.05, 0) is 77.5 Å². The summed E-state index contributed by atoms with van der Waals surface area (Å²) < 4.78 is 6.37. The Morgan fingerprint density at radius 2 is 1.91 bits per heavy atom. The fourth-order valence-corrected chi connectivity index (χ4v) is 6.66. The molecule has 238 valence electrons. The first kappa shape index (κ1) is 31.9. The van der Waals surface area contributed by atoms with Crippen LogP contribution in [0.3, 0.4) is 0 Å². The van der Waals surface area contributed by atoms with E-state index >= 15 is 0 Å². The van der Waals surface area contributed by atoms with E-state index in [1.54, 1.807) is 25.6 Å². The van der Waals surface area contributed by atoms with Crippen LogP contribution >= 0.6 is 15.9 Å². The summed E-state index contributed by atoms with van der Waals surface area (Å²) in [5.74, 6) is -2.39. The van der Waals surface area contributed by atoms with Crippen molar-refractivity contribution < 1.29 is 29.0 Å². The van der Waals surface area contributed by atoms with Crippen LogP contribution in [0, 0.1) is 19.8 Å². The van der Waals surface area contributed by atoms with E-state index in [-0.39, 0.29) is 25.3 Å². The maximum absolute atomic E-state index is 14.2. The lowest BCUT2D eigenvalue weighted by atomic mass is 10.0. The van der Waals surface area contributed by atoms with Gasteiger partial charge in [-0.2, -0.15) is 15.0 Å². The van der Waals surface area contributed by atoms with Crippen LogP contribution < -0.4 is 10.6 Å².